The Morgan fingerprint density at radius 2 is 2.20 bits per heavy atom. The molecule has 0 bridgehead atoms. The van der Waals surface area contributed by atoms with E-state index >= 15 is 0 Å². The topological polar surface area (TPSA) is 53.6 Å². The van der Waals surface area contributed by atoms with Crippen molar-refractivity contribution in [2.45, 2.75) is 38.3 Å². The smallest absolute Gasteiger partial charge is 0.208 e. The molecule has 0 unspecified atom stereocenters. The molecular weight excluding hydrogens is 208 g/mol. The van der Waals surface area contributed by atoms with Crippen LogP contribution < -0.4 is 5.32 Å². The third-order valence-electron chi connectivity index (χ3n) is 2.04. The SMILES string of the molecule is CCCCCNCCSc1n[nH]c(C)n1. The summed E-state index contributed by atoms with van der Waals surface area (Å²) < 4.78 is 0. The van der Waals surface area contributed by atoms with E-state index in [1.807, 2.05) is 6.92 Å². The summed E-state index contributed by atoms with van der Waals surface area (Å²) in [7, 11) is 0. The van der Waals surface area contributed by atoms with Gasteiger partial charge in [0.15, 0.2) is 0 Å². The molecule has 0 aliphatic rings. The molecule has 5 heteroatoms. The maximum absolute atomic E-state index is 4.23. The Hall–Kier alpha value is -0.550. The van der Waals surface area contributed by atoms with Crippen molar-refractivity contribution in [3.8, 4) is 0 Å². The second-order valence-electron chi connectivity index (χ2n) is 3.51. The average Bonchev–Trinajstić information content (AvgIpc) is 2.63. The number of aromatic amines is 1. The summed E-state index contributed by atoms with van der Waals surface area (Å²) in [6.07, 6.45) is 3.88. The van der Waals surface area contributed by atoms with Crippen molar-refractivity contribution >= 4 is 11.8 Å². The molecule has 0 aliphatic heterocycles. The van der Waals surface area contributed by atoms with Crippen molar-refractivity contribution in [3.05, 3.63) is 5.82 Å². The van der Waals surface area contributed by atoms with Crippen molar-refractivity contribution in [3.63, 3.8) is 0 Å². The van der Waals surface area contributed by atoms with Gasteiger partial charge in [0.1, 0.15) is 5.82 Å². The molecule has 0 saturated heterocycles. The molecule has 86 valence electrons. The van der Waals surface area contributed by atoms with Gasteiger partial charge in [-0.3, -0.25) is 5.10 Å². The molecule has 1 heterocycles. The molecule has 0 radical (unpaired) electrons. The maximum Gasteiger partial charge on any atom is 0.208 e. The zero-order valence-electron chi connectivity index (χ0n) is 9.55. The van der Waals surface area contributed by atoms with Gasteiger partial charge in [-0.1, -0.05) is 31.5 Å². The normalized spacial score (nSPS) is 10.8. The van der Waals surface area contributed by atoms with Gasteiger partial charge in [-0.2, -0.15) is 0 Å². The van der Waals surface area contributed by atoms with Crippen LogP contribution in [0.1, 0.15) is 32.0 Å². The first kappa shape index (κ1) is 12.5. The minimum Gasteiger partial charge on any atom is -0.316 e. The standard InChI is InChI=1S/C10H20N4S/c1-3-4-5-6-11-7-8-15-10-12-9(2)13-14-10/h11H,3-8H2,1-2H3,(H,12,13,14). The van der Waals surface area contributed by atoms with Gasteiger partial charge in [-0.15, -0.1) is 5.10 Å². The van der Waals surface area contributed by atoms with E-state index < -0.39 is 0 Å². The van der Waals surface area contributed by atoms with Gasteiger partial charge in [0.2, 0.25) is 5.16 Å². The summed E-state index contributed by atoms with van der Waals surface area (Å²) in [5.41, 5.74) is 0. The Morgan fingerprint density at radius 3 is 2.87 bits per heavy atom. The zero-order valence-corrected chi connectivity index (χ0v) is 10.4. The first-order valence-corrected chi connectivity index (χ1v) is 6.54. The Morgan fingerprint density at radius 1 is 1.33 bits per heavy atom. The minimum atomic E-state index is 0.850. The van der Waals surface area contributed by atoms with Gasteiger partial charge in [0.25, 0.3) is 0 Å². The van der Waals surface area contributed by atoms with E-state index in [4.69, 9.17) is 0 Å². The van der Waals surface area contributed by atoms with E-state index in [0.29, 0.717) is 0 Å². The molecule has 0 aliphatic carbocycles. The predicted molar refractivity (Wildman–Crippen MR) is 64.2 cm³/mol. The lowest BCUT2D eigenvalue weighted by molar-refractivity contribution is 0.635. The van der Waals surface area contributed by atoms with E-state index in [2.05, 4.69) is 27.4 Å². The monoisotopic (exact) mass is 228 g/mol. The largest absolute Gasteiger partial charge is 0.316 e. The third-order valence-corrected chi connectivity index (χ3v) is 2.89. The number of thioether (sulfide) groups is 1. The van der Waals surface area contributed by atoms with Gasteiger partial charge >= 0.3 is 0 Å². The van der Waals surface area contributed by atoms with Crippen LogP contribution in [0.3, 0.4) is 0 Å². The highest BCUT2D eigenvalue weighted by atomic mass is 32.2. The lowest BCUT2D eigenvalue weighted by atomic mass is 10.2. The highest BCUT2D eigenvalue weighted by molar-refractivity contribution is 7.99. The number of aryl methyl sites for hydroxylation is 1. The van der Waals surface area contributed by atoms with E-state index in [-0.39, 0.29) is 0 Å². The number of hydrogen-bond acceptors (Lipinski definition) is 4. The minimum absolute atomic E-state index is 0.850. The van der Waals surface area contributed by atoms with E-state index in [9.17, 15) is 0 Å². The highest BCUT2D eigenvalue weighted by Gasteiger charge is 1.98. The number of rotatable bonds is 8. The van der Waals surface area contributed by atoms with Crippen molar-refractivity contribution in [1.29, 1.82) is 0 Å². The number of H-pyrrole nitrogens is 1. The Kier molecular flexibility index (Phi) is 6.43. The molecular formula is C10H20N4S. The summed E-state index contributed by atoms with van der Waals surface area (Å²) >= 11 is 1.69. The predicted octanol–water partition coefficient (Wildman–Crippen LogP) is 1.99. The fourth-order valence-electron chi connectivity index (χ4n) is 1.23. The molecule has 0 fully saturated rings. The molecule has 2 N–H and O–H groups in total. The van der Waals surface area contributed by atoms with Gasteiger partial charge in [-0.25, -0.2) is 4.98 Å². The third kappa shape index (κ3) is 5.79. The molecule has 0 spiro atoms. The maximum atomic E-state index is 4.23. The molecule has 1 rings (SSSR count). The Bertz CT molecular complexity index is 262. The van der Waals surface area contributed by atoms with Crippen LogP contribution in [-0.4, -0.2) is 34.0 Å². The molecule has 15 heavy (non-hydrogen) atoms. The quantitative estimate of drug-likeness (QED) is 0.528. The van der Waals surface area contributed by atoms with Crippen molar-refractivity contribution in [2.75, 3.05) is 18.8 Å². The summed E-state index contributed by atoms with van der Waals surface area (Å²) in [5, 5.41) is 11.2. The van der Waals surface area contributed by atoms with Crippen LogP contribution >= 0.6 is 11.8 Å². The van der Waals surface area contributed by atoms with E-state index in [0.717, 1.165) is 29.8 Å². The molecule has 0 atom stereocenters. The van der Waals surface area contributed by atoms with E-state index in [1.54, 1.807) is 11.8 Å². The Labute approximate surface area is 95.6 Å². The van der Waals surface area contributed by atoms with Gasteiger partial charge in [0, 0.05) is 12.3 Å². The van der Waals surface area contributed by atoms with Gasteiger partial charge < -0.3 is 5.32 Å². The summed E-state index contributed by atoms with van der Waals surface area (Å²) in [4.78, 5) is 4.23. The lowest BCUT2D eigenvalue weighted by Gasteiger charge is -2.01. The fraction of sp³-hybridized carbons (Fsp3) is 0.800. The van der Waals surface area contributed by atoms with E-state index in [1.165, 1.54) is 19.3 Å². The Balaban J connectivity index is 1.93. The number of aromatic nitrogens is 3. The van der Waals surface area contributed by atoms with Crippen LogP contribution in [0.25, 0.3) is 0 Å². The van der Waals surface area contributed by atoms with Crippen LogP contribution in [-0.2, 0) is 0 Å². The average molecular weight is 228 g/mol. The van der Waals surface area contributed by atoms with Crippen molar-refractivity contribution < 1.29 is 0 Å². The van der Waals surface area contributed by atoms with Crippen molar-refractivity contribution in [2.24, 2.45) is 0 Å². The number of hydrogen-bond donors (Lipinski definition) is 2. The van der Waals surface area contributed by atoms with Gasteiger partial charge in [0.05, 0.1) is 0 Å². The summed E-state index contributed by atoms with van der Waals surface area (Å²) in [5.74, 6) is 1.91. The van der Waals surface area contributed by atoms with Crippen LogP contribution in [0.2, 0.25) is 0 Å². The van der Waals surface area contributed by atoms with Crippen LogP contribution in [0.15, 0.2) is 5.16 Å². The second-order valence-corrected chi connectivity index (χ2v) is 4.57. The number of nitrogens with one attached hydrogen (secondary N) is 2. The summed E-state index contributed by atoms with van der Waals surface area (Å²) in [6, 6.07) is 0. The van der Waals surface area contributed by atoms with Crippen molar-refractivity contribution in [1.82, 2.24) is 20.5 Å². The van der Waals surface area contributed by atoms with Gasteiger partial charge in [-0.05, 0) is 19.9 Å². The summed E-state index contributed by atoms with van der Waals surface area (Å²) in [6.45, 7) is 6.30. The fourth-order valence-corrected chi connectivity index (χ4v) is 1.97. The molecule has 0 saturated carbocycles. The van der Waals surface area contributed by atoms with Crippen LogP contribution in [0, 0.1) is 6.92 Å². The number of unbranched alkanes of at least 4 members (excludes halogenated alkanes) is 2. The highest BCUT2D eigenvalue weighted by Crippen LogP contribution is 2.10. The molecule has 0 aromatic carbocycles. The number of nitrogens with zero attached hydrogens (tertiary/aromatic N) is 2. The first-order chi connectivity index (χ1) is 7.33. The second kappa shape index (κ2) is 7.70. The first-order valence-electron chi connectivity index (χ1n) is 5.55. The lowest BCUT2D eigenvalue weighted by Crippen LogP contribution is -2.18. The molecule has 1 aromatic rings. The molecule has 0 amide bonds. The molecule has 1 aromatic heterocycles. The molecule has 4 nitrogen and oxygen atoms in total. The zero-order chi connectivity index (χ0) is 10.9. The van der Waals surface area contributed by atoms with Crippen LogP contribution in [0.4, 0.5) is 0 Å². The van der Waals surface area contributed by atoms with Crippen LogP contribution in [0.5, 0.6) is 0 Å².